The highest BCUT2D eigenvalue weighted by Gasteiger charge is 2.33. The van der Waals surface area contributed by atoms with Crippen molar-refractivity contribution in [2.24, 2.45) is 5.73 Å². The standard InChI is InChI=1S/C49H91N11O13/c1-4-6-8-9-10-11-12-13-14-15-16-17-18-19-20-22-42(64)55-34-73-26-25-72-32-44(66)53-29-43(65)56-39(30-61)48(70)58-37(23-24-41(50)63)46(68)59-38(27-35-28-52-33-54-35)47(69)60-40(31-62)49(71)57-36(21-7-5-2)45(67)51-3/h28,33,36-40,48-49,57-58,61-62,70-71H,4-27,29-32,34H2,1-3H3,(H2,50,63)(H,51,67)(H,52,54)(H,53,66)(H,55,64)(H,56,65)(H,59,68)(H,60,69)/t36-,37-,38-,39-,40-,48-,49+/m0/s1. The van der Waals surface area contributed by atoms with E-state index in [1.54, 1.807) is 0 Å². The molecule has 0 aliphatic heterocycles. The molecule has 0 bridgehead atoms. The van der Waals surface area contributed by atoms with Gasteiger partial charge in [-0.05, 0) is 19.3 Å². The Labute approximate surface area is 431 Å². The van der Waals surface area contributed by atoms with Crippen LogP contribution in [-0.2, 0) is 49.5 Å². The van der Waals surface area contributed by atoms with E-state index in [4.69, 9.17) is 15.2 Å². The number of nitrogens with two attached hydrogens (primary N) is 1. The Morgan fingerprint density at radius 1 is 0.616 bits per heavy atom. The summed E-state index contributed by atoms with van der Waals surface area (Å²) in [6.45, 7) is 1.69. The van der Waals surface area contributed by atoms with Crippen molar-refractivity contribution in [2.75, 3.05) is 53.4 Å². The van der Waals surface area contributed by atoms with Gasteiger partial charge in [0, 0.05) is 38.2 Å². The molecular formula is C49H91N11O13. The molecule has 0 fully saturated rings. The summed E-state index contributed by atoms with van der Waals surface area (Å²) in [7, 11) is 1.43. The molecule has 0 unspecified atom stereocenters. The maximum absolute atomic E-state index is 13.8. The lowest BCUT2D eigenvalue weighted by Gasteiger charge is -2.30. The molecule has 420 valence electrons. The fourth-order valence-corrected chi connectivity index (χ4v) is 7.64. The van der Waals surface area contributed by atoms with Crippen molar-refractivity contribution in [3.63, 3.8) is 0 Å². The van der Waals surface area contributed by atoms with E-state index in [-0.39, 0.29) is 45.1 Å². The lowest BCUT2D eigenvalue weighted by molar-refractivity contribution is -0.132. The number of unbranched alkanes of at least 4 members (excludes halogenated alkanes) is 15. The number of ether oxygens (including phenoxy) is 2. The quantitative estimate of drug-likeness (QED) is 0.0293. The van der Waals surface area contributed by atoms with E-state index in [2.05, 4.69) is 59.4 Å². The lowest BCUT2D eigenvalue weighted by Crippen LogP contribution is -2.62. The summed E-state index contributed by atoms with van der Waals surface area (Å²) in [6, 6.07) is -6.48. The summed E-state index contributed by atoms with van der Waals surface area (Å²) in [5.74, 6) is -4.58. The van der Waals surface area contributed by atoms with Crippen LogP contribution < -0.4 is 48.3 Å². The molecule has 0 aromatic carbocycles. The third-order valence-electron chi connectivity index (χ3n) is 12.0. The summed E-state index contributed by atoms with van der Waals surface area (Å²) in [4.78, 5) is 95.6. The van der Waals surface area contributed by atoms with Crippen molar-refractivity contribution in [1.29, 1.82) is 0 Å². The molecular weight excluding hydrogens is 951 g/mol. The van der Waals surface area contributed by atoms with Gasteiger partial charge >= 0.3 is 0 Å². The van der Waals surface area contributed by atoms with Crippen LogP contribution in [0.4, 0.5) is 0 Å². The van der Waals surface area contributed by atoms with Crippen LogP contribution >= 0.6 is 0 Å². The molecule has 7 amide bonds. The van der Waals surface area contributed by atoms with Gasteiger partial charge in [0.05, 0.1) is 63.5 Å². The van der Waals surface area contributed by atoms with E-state index < -0.39 is 104 Å². The predicted molar refractivity (Wildman–Crippen MR) is 272 cm³/mol. The van der Waals surface area contributed by atoms with E-state index >= 15 is 0 Å². The van der Waals surface area contributed by atoms with Crippen LogP contribution in [0.1, 0.15) is 154 Å². The first-order valence-electron chi connectivity index (χ1n) is 26.3. The second kappa shape index (κ2) is 42.5. The van der Waals surface area contributed by atoms with Gasteiger partial charge in [-0.2, -0.15) is 0 Å². The maximum atomic E-state index is 13.8. The Hall–Kier alpha value is -4.82. The molecule has 1 rings (SSSR count). The van der Waals surface area contributed by atoms with Gasteiger partial charge < -0.3 is 72.5 Å². The molecule has 24 nitrogen and oxygen atoms in total. The molecule has 7 atom stereocenters. The third-order valence-corrected chi connectivity index (χ3v) is 12.0. The number of rotatable bonds is 47. The number of primary amides is 1. The molecule has 0 aliphatic rings. The van der Waals surface area contributed by atoms with Crippen molar-refractivity contribution >= 4 is 41.4 Å². The average Bonchev–Trinajstić information content (AvgIpc) is 3.89. The second-order valence-electron chi connectivity index (χ2n) is 18.3. The zero-order chi connectivity index (χ0) is 54.1. The largest absolute Gasteiger partial charge is 0.394 e. The first-order chi connectivity index (χ1) is 35.2. The number of hydrogen-bond donors (Lipinski definition) is 14. The molecule has 0 radical (unpaired) electrons. The number of carbonyl (C=O) groups is 7. The van der Waals surface area contributed by atoms with Gasteiger partial charge in [0.15, 0.2) is 0 Å². The SMILES string of the molecule is CCCCCCCCCCCCCCCCCC(=O)NCOCCOCC(=O)NCC(=O)N[C@@H](CO)[C@H](O)N[C@@H](CCC(N)=O)C(=O)N[C@@H](Cc1cnc[nH]1)C(=O)N[C@@H](CO)[C@@H](O)N[C@@H](CCCC)C(=O)NC. The maximum Gasteiger partial charge on any atom is 0.246 e. The lowest BCUT2D eigenvalue weighted by atomic mass is 10.0. The highest BCUT2D eigenvalue weighted by molar-refractivity contribution is 5.90. The number of aliphatic hydroxyl groups is 4. The normalized spacial score (nSPS) is 14.2. The van der Waals surface area contributed by atoms with Gasteiger partial charge in [0.1, 0.15) is 31.8 Å². The number of hydrogen-bond acceptors (Lipinski definition) is 16. The molecule has 73 heavy (non-hydrogen) atoms. The molecule has 0 aliphatic carbocycles. The monoisotopic (exact) mass is 1040 g/mol. The van der Waals surface area contributed by atoms with Gasteiger partial charge in [-0.1, -0.05) is 117 Å². The fourth-order valence-electron chi connectivity index (χ4n) is 7.64. The zero-order valence-electron chi connectivity index (χ0n) is 43.7. The van der Waals surface area contributed by atoms with Crippen LogP contribution in [0, 0.1) is 0 Å². The summed E-state index contributed by atoms with van der Waals surface area (Å²) in [5.41, 5.74) is 5.74. The Balaban J connectivity index is 2.54. The minimum atomic E-state index is -1.82. The molecule has 1 aromatic heterocycles. The third kappa shape index (κ3) is 32.9. The van der Waals surface area contributed by atoms with Gasteiger partial charge in [-0.15, -0.1) is 0 Å². The Bertz CT molecular complexity index is 1660. The van der Waals surface area contributed by atoms with Crippen molar-refractivity contribution in [3.05, 3.63) is 18.2 Å². The minimum absolute atomic E-state index is 0.00107. The first kappa shape index (κ1) is 66.2. The minimum Gasteiger partial charge on any atom is -0.394 e. The van der Waals surface area contributed by atoms with Crippen LogP contribution in [0.2, 0.25) is 0 Å². The number of nitrogens with one attached hydrogen (secondary N) is 9. The van der Waals surface area contributed by atoms with E-state index in [0.29, 0.717) is 25.0 Å². The number of carbonyl (C=O) groups excluding carboxylic acids is 7. The number of imidazole rings is 1. The van der Waals surface area contributed by atoms with Gasteiger partial charge in [0.2, 0.25) is 41.4 Å². The molecule has 1 heterocycles. The fraction of sp³-hybridized carbons (Fsp3) is 0.796. The molecule has 24 heteroatoms. The van der Waals surface area contributed by atoms with Crippen molar-refractivity contribution in [1.82, 2.24) is 52.5 Å². The predicted octanol–water partition coefficient (Wildman–Crippen LogP) is -0.369. The number of aromatic amines is 1. The highest BCUT2D eigenvalue weighted by Crippen LogP contribution is 2.14. The number of aliphatic hydroxyl groups excluding tert-OH is 4. The van der Waals surface area contributed by atoms with E-state index in [9.17, 15) is 54.0 Å². The molecule has 1 aromatic rings. The van der Waals surface area contributed by atoms with Crippen LogP contribution in [-0.4, -0.2) is 168 Å². The molecule has 0 saturated carbocycles. The van der Waals surface area contributed by atoms with Crippen LogP contribution in [0.3, 0.4) is 0 Å². The first-order valence-corrected chi connectivity index (χ1v) is 26.3. The number of likely N-dealkylation sites (N-methyl/N-ethyl adjacent to an activating group) is 1. The molecule has 15 N–H and O–H groups in total. The summed E-state index contributed by atoms with van der Waals surface area (Å²) in [5, 5.41) is 62.2. The van der Waals surface area contributed by atoms with Crippen molar-refractivity contribution in [2.45, 2.75) is 198 Å². The Morgan fingerprint density at radius 3 is 1.68 bits per heavy atom. The summed E-state index contributed by atoms with van der Waals surface area (Å²) in [6.07, 6.45) is 19.4. The number of H-pyrrole nitrogens is 1. The molecule has 0 spiro atoms. The van der Waals surface area contributed by atoms with E-state index in [1.165, 1.54) is 96.6 Å². The van der Waals surface area contributed by atoms with Gasteiger partial charge in [-0.25, -0.2) is 4.98 Å². The Kier molecular flexibility index (Phi) is 38.6. The zero-order valence-corrected chi connectivity index (χ0v) is 43.7. The number of aromatic nitrogens is 2. The van der Waals surface area contributed by atoms with E-state index in [0.717, 1.165) is 25.7 Å². The van der Waals surface area contributed by atoms with E-state index in [1.807, 2.05) is 6.92 Å². The van der Waals surface area contributed by atoms with Crippen LogP contribution in [0.25, 0.3) is 0 Å². The molecule has 0 saturated heterocycles. The van der Waals surface area contributed by atoms with Crippen LogP contribution in [0.15, 0.2) is 12.5 Å². The average molecular weight is 1040 g/mol. The van der Waals surface area contributed by atoms with Crippen molar-refractivity contribution < 1.29 is 63.5 Å². The van der Waals surface area contributed by atoms with Gasteiger partial charge in [-0.3, -0.25) is 44.2 Å². The van der Waals surface area contributed by atoms with Crippen LogP contribution in [0.5, 0.6) is 0 Å². The second-order valence-corrected chi connectivity index (χ2v) is 18.3. The highest BCUT2D eigenvalue weighted by atomic mass is 16.5. The topological polar surface area (TPSA) is 370 Å². The van der Waals surface area contributed by atoms with Crippen molar-refractivity contribution in [3.8, 4) is 0 Å². The smallest absolute Gasteiger partial charge is 0.246 e. The summed E-state index contributed by atoms with van der Waals surface area (Å²) >= 11 is 0. The van der Waals surface area contributed by atoms with Gasteiger partial charge in [0.25, 0.3) is 0 Å². The summed E-state index contributed by atoms with van der Waals surface area (Å²) < 4.78 is 10.6. The number of nitrogens with zero attached hydrogens (tertiary/aromatic N) is 1. The Morgan fingerprint density at radius 2 is 1.15 bits per heavy atom. The number of amides is 7.